The van der Waals surface area contributed by atoms with Crippen LogP contribution in [0, 0.1) is 0 Å². The fraction of sp³-hybridized carbons (Fsp3) is 0.111. The summed E-state index contributed by atoms with van der Waals surface area (Å²) in [5.41, 5.74) is 3.29. The first-order chi connectivity index (χ1) is 6.74. The lowest BCUT2D eigenvalue weighted by Crippen LogP contribution is -2.28. The molecule has 0 radical (unpaired) electrons. The molecule has 0 unspecified atom stereocenters. The largest absolute Gasteiger partial charge is 0.464 e. The molecule has 0 atom stereocenters. The lowest BCUT2D eigenvalue weighted by molar-refractivity contribution is 0.555. The molecule has 1 rings (SSSR count). The normalized spacial score (nSPS) is 10.1. The Hall–Kier alpha value is -1.62. The summed E-state index contributed by atoms with van der Waals surface area (Å²) in [6.07, 6.45) is 3.13. The number of furan rings is 1. The minimum absolute atomic E-state index is 0. The van der Waals surface area contributed by atoms with E-state index in [1.807, 2.05) is 6.07 Å². The summed E-state index contributed by atoms with van der Waals surface area (Å²) in [4.78, 5) is 0. The predicted molar refractivity (Wildman–Crippen MR) is 65.3 cm³/mol. The van der Waals surface area contributed by atoms with E-state index < -0.39 is 0 Å². The third kappa shape index (κ3) is 3.02. The zero-order valence-electron chi connectivity index (χ0n) is 7.78. The Labute approximate surface area is 90.7 Å². The Morgan fingerprint density at radius 1 is 1.79 bits per heavy atom. The summed E-state index contributed by atoms with van der Waals surface area (Å²) in [6.45, 7) is 3.77. The maximum absolute atomic E-state index is 5.11. The second kappa shape index (κ2) is 5.18. The van der Waals surface area contributed by atoms with Crippen molar-refractivity contribution in [3.8, 4) is 0 Å². The number of rotatable bonds is 3. The predicted octanol–water partition coefficient (Wildman–Crippen LogP) is 1.86. The highest BCUT2D eigenvalue weighted by molar-refractivity contribution is 7.80. The third-order valence-electron chi connectivity index (χ3n) is 1.45. The maximum atomic E-state index is 5.11. The lowest BCUT2D eigenvalue weighted by atomic mass is 10.2. The van der Waals surface area contributed by atoms with Gasteiger partial charge in [-0.15, -0.1) is 0 Å². The van der Waals surface area contributed by atoms with E-state index in [1.165, 1.54) is 0 Å². The van der Waals surface area contributed by atoms with E-state index in [1.54, 1.807) is 25.6 Å². The Balaban J connectivity index is 0. The zero-order valence-corrected chi connectivity index (χ0v) is 8.60. The van der Waals surface area contributed by atoms with Crippen LogP contribution in [-0.2, 0) is 0 Å². The fourth-order valence-corrected chi connectivity index (χ4v) is 0.802. The van der Waals surface area contributed by atoms with Gasteiger partial charge in [-0.05, 0) is 24.4 Å². The van der Waals surface area contributed by atoms with Crippen LogP contribution in [-0.4, -0.2) is 18.4 Å². The van der Waals surface area contributed by atoms with Gasteiger partial charge in [0.2, 0.25) is 0 Å². The molecule has 5 heteroatoms. The summed E-state index contributed by atoms with van der Waals surface area (Å²) >= 11 is 4.82. The van der Waals surface area contributed by atoms with Crippen molar-refractivity contribution in [2.45, 2.75) is 0 Å². The Morgan fingerprint density at radius 2 is 2.57 bits per heavy atom. The monoisotopic (exact) mass is 213 g/mol. The van der Waals surface area contributed by atoms with Gasteiger partial charge in [0.05, 0.1) is 12.5 Å². The van der Waals surface area contributed by atoms with Gasteiger partial charge in [0, 0.05) is 15.5 Å². The van der Waals surface area contributed by atoms with Gasteiger partial charge in [-0.1, -0.05) is 6.58 Å². The first-order valence-corrected chi connectivity index (χ1v) is 4.38. The van der Waals surface area contributed by atoms with E-state index in [9.17, 15) is 0 Å². The van der Waals surface area contributed by atoms with E-state index in [4.69, 9.17) is 16.6 Å². The second-order valence-electron chi connectivity index (χ2n) is 2.45. The molecule has 78 valence electrons. The van der Waals surface area contributed by atoms with Crippen LogP contribution in [0.3, 0.4) is 0 Å². The highest BCUT2D eigenvalue weighted by Crippen LogP contribution is 2.09. The summed E-state index contributed by atoms with van der Waals surface area (Å²) in [7, 11) is 1.71. The molecule has 0 saturated heterocycles. The van der Waals surface area contributed by atoms with Gasteiger partial charge in [-0.25, -0.2) is 0 Å². The van der Waals surface area contributed by atoms with E-state index >= 15 is 0 Å². The molecule has 1 heterocycles. The summed E-state index contributed by atoms with van der Waals surface area (Å²) in [5, 5.41) is 7.04. The molecular formula is C9H15N3OS. The van der Waals surface area contributed by atoms with Crippen LogP contribution in [0.4, 0.5) is 0 Å². The second-order valence-corrected chi connectivity index (χ2v) is 2.86. The van der Waals surface area contributed by atoms with Crippen molar-refractivity contribution >= 4 is 29.1 Å². The van der Waals surface area contributed by atoms with Crippen molar-refractivity contribution < 1.29 is 7.27 Å². The van der Waals surface area contributed by atoms with Crippen molar-refractivity contribution in [3.05, 3.63) is 30.7 Å². The molecule has 0 fully saturated rings. The van der Waals surface area contributed by atoms with Crippen LogP contribution in [0.5, 0.6) is 0 Å². The van der Waals surface area contributed by atoms with E-state index in [2.05, 4.69) is 22.4 Å². The highest BCUT2D eigenvalue weighted by Gasteiger charge is 1.97. The van der Waals surface area contributed by atoms with Gasteiger partial charge in [-0.3, -0.25) is 5.43 Å². The molecule has 0 bridgehead atoms. The first-order valence-electron chi connectivity index (χ1n) is 3.97. The van der Waals surface area contributed by atoms with Crippen molar-refractivity contribution in [2.75, 3.05) is 7.05 Å². The Kier molecular flexibility index (Phi) is 3.87. The van der Waals surface area contributed by atoms with Crippen LogP contribution >= 0.6 is 12.2 Å². The number of thiocarbonyl (C=S) groups is 1. The molecule has 0 aliphatic rings. The average Bonchev–Trinajstić information content (AvgIpc) is 2.70. The molecule has 0 amide bonds. The molecular weight excluding hydrogens is 198 g/mol. The van der Waals surface area contributed by atoms with Crippen LogP contribution in [0.15, 0.2) is 34.5 Å². The standard InChI is InChI=1S/C9H11N3OS.2H2/c1-7(8-4-3-5-13-8)6-11-12-9(14)10-2;;/h3-6H,1H2,2H3,(H2,10,12,14);2*1H/b11-6+;;. The van der Waals surface area contributed by atoms with Gasteiger partial charge in [0.15, 0.2) is 5.11 Å². The van der Waals surface area contributed by atoms with Crippen molar-refractivity contribution in [1.82, 2.24) is 10.7 Å². The van der Waals surface area contributed by atoms with Crippen molar-refractivity contribution in [3.63, 3.8) is 0 Å². The Bertz CT molecular complexity index is 352. The fourth-order valence-electron chi connectivity index (χ4n) is 0.750. The maximum Gasteiger partial charge on any atom is 0.186 e. The van der Waals surface area contributed by atoms with Gasteiger partial charge in [-0.2, -0.15) is 5.10 Å². The number of hydrazone groups is 1. The SMILES string of the molecule is C=C(/C=N/NC(=S)NC)c1ccco1.[HH].[HH]. The number of hydrogen-bond acceptors (Lipinski definition) is 3. The number of allylic oxidation sites excluding steroid dienone is 1. The topological polar surface area (TPSA) is 49.6 Å². The molecule has 4 nitrogen and oxygen atoms in total. The molecule has 1 aromatic heterocycles. The number of hydrogen-bond donors (Lipinski definition) is 2. The zero-order chi connectivity index (χ0) is 10.4. The van der Waals surface area contributed by atoms with Crippen LogP contribution in [0.25, 0.3) is 5.57 Å². The minimum atomic E-state index is 0. The summed E-state index contributed by atoms with van der Waals surface area (Å²) in [5.74, 6) is 0.686. The summed E-state index contributed by atoms with van der Waals surface area (Å²) < 4.78 is 5.11. The van der Waals surface area contributed by atoms with Crippen LogP contribution < -0.4 is 10.7 Å². The Morgan fingerprint density at radius 3 is 3.14 bits per heavy atom. The minimum Gasteiger partial charge on any atom is -0.464 e. The molecule has 0 spiro atoms. The highest BCUT2D eigenvalue weighted by atomic mass is 32.1. The first kappa shape index (κ1) is 10.5. The van der Waals surface area contributed by atoms with Gasteiger partial charge in [0.25, 0.3) is 0 Å². The van der Waals surface area contributed by atoms with Gasteiger partial charge < -0.3 is 9.73 Å². The van der Waals surface area contributed by atoms with Crippen molar-refractivity contribution in [1.29, 1.82) is 0 Å². The lowest BCUT2D eigenvalue weighted by Gasteiger charge is -1.99. The van der Waals surface area contributed by atoms with E-state index in [0.29, 0.717) is 16.4 Å². The van der Waals surface area contributed by atoms with Crippen LogP contribution in [0.2, 0.25) is 0 Å². The molecule has 0 aliphatic heterocycles. The third-order valence-corrected chi connectivity index (χ3v) is 1.75. The molecule has 1 aromatic rings. The number of nitrogens with one attached hydrogen (secondary N) is 2. The summed E-state index contributed by atoms with van der Waals surface area (Å²) in [6, 6.07) is 3.60. The molecule has 0 saturated carbocycles. The molecule has 2 N–H and O–H groups in total. The van der Waals surface area contributed by atoms with Crippen molar-refractivity contribution in [2.24, 2.45) is 5.10 Å². The van der Waals surface area contributed by atoms with E-state index in [-0.39, 0.29) is 2.85 Å². The van der Waals surface area contributed by atoms with Gasteiger partial charge in [0.1, 0.15) is 5.76 Å². The molecule has 14 heavy (non-hydrogen) atoms. The average molecular weight is 213 g/mol. The van der Waals surface area contributed by atoms with E-state index in [0.717, 1.165) is 0 Å². The quantitative estimate of drug-likeness (QED) is 0.457. The van der Waals surface area contributed by atoms with Crippen LogP contribution in [0.1, 0.15) is 8.61 Å². The molecule has 0 aromatic carbocycles. The molecule has 0 aliphatic carbocycles. The smallest absolute Gasteiger partial charge is 0.186 e. The number of nitrogens with zero attached hydrogens (tertiary/aromatic N) is 1. The van der Waals surface area contributed by atoms with Gasteiger partial charge >= 0.3 is 0 Å².